The standard InChI is InChI=1S/C18H38/c1-7-16(6)12-10-11-13-17(8-2)14-18(9-3)15(4)5/h15-18H,7-14H2,1-6H3. The van der Waals surface area contributed by atoms with Gasteiger partial charge in [0.15, 0.2) is 0 Å². The highest BCUT2D eigenvalue weighted by atomic mass is 14.2. The van der Waals surface area contributed by atoms with E-state index in [-0.39, 0.29) is 0 Å². The van der Waals surface area contributed by atoms with Gasteiger partial charge in [0.25, 0.3) is 0 Å². The molecule has 18 heavy (non-hydrogen) atoms. The van der Waals surface area contributed by atoms with E-state index in [2.05, 4.69) is 41.5 Å². The lowest BCUT2D eigenvalue weighted by Crippen LogP contribution is -2.13. The lowest BCUT2D eigenvalue weighted by molar-refractivity contribution is 0.268. The molecule has 0 spiro atoms. The first-order chi connectivity index (χ1) is 8.54. The van der Waals surface area contributed by atoms with E-state index in [4.69, 9.17) is 0 Å². The molecule has 0 rings (SSSR count). The van der Waals surface area contributed by atoms with Crippen molar-refractivity contribution in [2.24, 2.45) is 23.7 Å². The van der Waals surface area contributed by atoms with E-state index in [1.54, 1.807) is 0 Å². The van der Waals surface area contributed by atoms with Gasteiger partial charge in [-0.15, -0.1) is 0 Å². The van der Waals surface area contributed by atoms with Crippen LogP contribution in [-0.4, -0.2) is 0 Å². The Hall–Kier alpha value is 0. The number of rotatable bonds is 11. The molecule has 0 amide bonds. The van der Waals surface area contributed by atoms with Crippen LogP contribution < -0.4 is 0 Å². The summed E-state index contributed by atoms with van der Waals surface area (Å²) in [6.07, 6.45) is 11.4. The van der Waals surface area contributed by atoms with Gasteiger partial charge in [0.1, 0.15) is 0 Å². The van der Waals surface area contributed by atoms with Crippen LogP contribution in [0.5, 0.6) is 0 Å². The van der Waals surface area contributed by atoms with Crippen molar-refractivity contribution >= 4 is 0 Å². The second kappa shape index (κ2) is 10.9. The molecule has 0 N–H and O–H groups in total. The predicted octanol–water partition coefficient (Wildman–Crippen LogP) is 6.69. The molecule has 0 nitrogen and oxygen atoms in total. The van der Waals surface area contributed by atoms with E-state index in [0.29, 0.717) is 0 Å². The smallest absolute Gasteiger partial charge is 0.0391 e. The van der Waals surface area contributed by atoms with Gasteiger partial charge in [-0.2, -0.15) is 0 Å². The summed E-state index contributed by atoms with van der Waals surface area (Å²) in [6.45, 7) is 14.2. The number of unbranched alkanes of at least 4 members (excludes halogenated alkanes) is 1. The molecule has 0 aromatic heterocycles. The number of hydrogen-bond donors (Lipinski definition) is 0. The molecule has 3 unspecified atom stereocenters. The van der Waals surface area contributed by atoms with Crippen LogP contribution in [0.1, 0.15) is 92.9 Å². The normalized spacial score (nSPS) is 16.8. The summed E-state index contributed by atoms with van der Waals surface area (Å²) in [6, 6.07) is 0. The minimum absolute atomic E-state index is 0.865. The highest BCUT2D eigenvalue weighted by Crippen LogP contribution is 2.28. The molecule has 0 bridgehead atoms. The minimum Gasteiger partial charge on any atom is -0.0651 e. The molecule has 0 heterocycles. The fourth-order valence-corrected chi connectivity index (χ4v) is 2.96. The van der Waals surface area contributed by atoms with Crippen molar-refractivity contribution in [2.45, 2.75) is 92.9 Å². The van der Waals surface area contributed by atoms with Gasteiger partial charge >= 0.3 is 0 Å². The topological polar surface area (TPSA) is 0 Å². The van der Waals surface area contributed by atoms with Gasteiger partial charge in [0, 0.05) is 0 Å². The molecule has 110 valence electrons. The Morgan fingerprint density at radius 2 is 1.33 bits per heavy atom. The van der Waals surface area contributed by atoms with Gasteiger partial charge in [0.2, 0.25) is 0 Å². The molecule has 0 aliphatic rings. The summed E-state index contributed by atoms with van der Waals surface area (Å²) < 4.78 is 0. The Morgan fingerprint density at radius 1 is 0.722 bits per heavy atom. The number of hydrogen-bond acceptors (Lipinski definition) is 0. The van der Waals surface area contributed by atoms with Crippen molar-refractivity contribution in [3.8, 4) is 0 Å². The van der Waals surface area contributed by atoms with Gasteiger partial charge in [-0.25, -0.2) is 0 Å². The first-order valence-electron chi connectivity index (χ1n) is 8.54. The largest absolute Gasteiger partial charge is 0.0651 e. The first-order valence-corrected chi connectivity index (χ1v) is 8.54. The lowest BCUT2D eigenvalue weighted by atomic mass is 9.81. The zero-order valence-corrected chi connectivity index (χ0v) is 14.0. The molecule has 0 fully saturated rings. The van der Waals surface area contributed by atoms with E-state index in [1.165, 1.54) is 51.4 Å². The third kappa shape index (κ3) is 8.16. The maximum absolute atomic E-state index is 2.39. The van der Waals surface area contributed by atoms with Crippen molar-refractivity contribution in [3.63, 3.8) is 0 Å². The Balaban J connectivity index is 3.82. The zero-order valence-electron chi connectivity index (χ0n) is 14.0. The fourth-order valence-electron chi connectivity index (χ4n) is 2.96. The van der Waals surface area contributed by atoms with E-state index in [1.807, 2.05) is 0 Å². The molecule has 0 heteroatoms. The predicted molar refractivity (Wildman–Crippen MR) is 84.9 cm³/mol. The molecular formula is C18H38. The highest BCUT2D eigenvalue weighted by Gasteiger charge is 2.16. The van der Waals surface area contributed by atoms with Gasteiger partial charge in [-0.05, 0) is 30.1 Å². The van der Waals surface area contributed by atoms with Gasteiger partial charge in [-0.3, -0.25) is 0 Å². The van der Waals surface area contributed by atoms with Crippen LogP contribution in [0.25, 0.3) is 0 Å². The third-order valence-corrected chi connectivity index (χ3v) is 4.94. The molecule has 0 saturated carbocycles. The van der Waals surface area contributed by atoms with Crippen molar-refractivity contribution in [2.75, 3.05) is 0 Å². The lowest BCUT2D eigenvalue weighted by Gasteiger charge is -2.24. The minimum atomic E-state index is 0.865. The molecule has 0 radical (unpaired) electrons. The molecule has 0 aliphatic heterocycles. The van der Waals surface area contributed by atoms with Gasteiger partial charge in [0.05, 0.1) is 0 Å². The summed E-state index contributed by atoms with van der Waals surface area (Å²) in [5.74, 6) is 3.73. The average Bonchev–Trinajstić information content (AvgIpc) is 2.37. The molecule has 0 aromatic carbocycles. The van der Waals surface area contributed by atoms with Crippen molar-refractivity contribution in [1.29, 1.82) is 0 Å². The maximum Gasteiger partial charge on any atom is -0.0391 e. The summed E-state index contributed by atoms with van der Waals surface area (Å²) in [5.41, 5.74) is 0. The second-order valence-corrected chi connectivity index (χ2v) is 6.72. The Kier molecular flexibility index (Phi) is 10.9. The Labute approximate surface area is 117 Å². The van der Waals surface area contributed by atoms with Crippen LogP contribution >= 0.6 is 0 Å². The highest BCUT2D eigenvalue weighted by molar-refractivity contribution is 4.68. The summed E-state index contributed by atoms with van der Waals surface area (Å²) in [4.78, 5) is 0. The zero-order chi connectivity index (χ0) is 14.0. The Morgan fingerprint density at radius 3 is 1.78 bits per heavy atom. The Bertz CT molecular complexity index is 171. The summed E-state index contributed by atoms with van der Waals surface area (Å²) in [5, 5.41) is 0. The third-order valence-electron chi connectivity index (χ3n) is 4.94. The van der Waals surface area contributed by atoms with Crippen molar-refractivity contribution < 1.29 is 0 Å². The van der Waals surface area contributed by atoms with Crippen LogP contribution in [0, 0.1) is 23.7 Å². The maximum atomic E-state index is 2.39. The van der Waals surface area contributed by atoms with E-state index in [9.17, 15) is 0 Å². The monoisotopic (exact) mass is 254 g/mol. The van der Waals surface area contributed by atoms with Crippen LogP contribution in [0.2, 0.25) is 0 Å². The SMILES string of the molecule is CCC(C)CCCCC(CC)CC(CC)C(C)C. The first kappa shape index (κ1) is 18.0. The van der Waals surface area contributed by atoms with Crippen LogP contribution in [-0.2, 0) is 0 Å². The van der Waals surface area contributed by atoms with Crippen molar-refractivity contribution in [3.05, 3.63) is 0 Å². The quantitative estimate of drug-likeness (QED) is 0.360. The molecule has 0 saturated heterocycles. The van der Waals surface area contributed by atoms with E-state index < -0.39 is 0 Å². The van der Waals surface area contributed by atoms with E-state index in [0.717, 1.165) is 23.7 Å². The van der Waals surface area contributed by atoms with Crippen LogP contribution in [0.3, 0.4) is 0 Å². The molecule has 0 aliphatic carbocycles. The summed E-state index contributed by atoms with van der Waals surface area (Å²) >= 11 is 0. The second-order valence-electron chi connectivity index (χ2n) is 6.72. The van der Waals surface area contributed by atoms with Crippen molar-refractivity contribution in [1.82, 2.24) is 0 Å². The summed E-state index contributed by atoms with van der Waals surface area (Å²) in [7, 11) is 0. The van der Waals surface area contributed by atoms with Crippen LogP contribution in [0.4, 0.5) is 0 Å². The van der Waals surface area contributed by atoms with E-state index >= 15 is 0 Å². The molecule has 0 aromatic rings. The van der Waals surface area contributed by atoms with Gasteiger partial charge in [-0.1, -0.05) is 86.5 Å². The van der Waals surface area contributed by atoms with Gasteiger partial charge < -0.3 is 0 Å². The average molecular weight is 255 g/mol. The molecule has 3 atom stereocenters. The fraction of sp³-hybridized carbons (Fsp3) is 1.00. The molecular weight excluding hydrogens is 216 g/mol. The van der Waals surface area contributed by atoms with Crippen LogP contribution in [0.15, 0.2) is 0 Å².